The van der Waals surface area contributed by atoms with Crippen molar-refractivity contribution in [2.45, 2.75) is 39.7 Å². The van der Waals surface area contributed by atoms with Gasteiger partial charge in [-0.3, -0.25) is 4.79 Å². The highest BCUT2D eigenvalue weighted by Crippen LogP contribution is 2.19. The number of carbonyl (C=O) groups is 1. The molecule has 0 aromatic carbocycles. The molecular formula is C17H31N7OS. The average Bonchev–Trinajstić information content (AvgIpc) is 3.13. The molecule has 9 heteroatoms. The van der Waals surface area contributed by atoms with Crippen molar-refractivity contribution in [3.8, 4) is 0 Å². The fourth-order valence-electron chi connectivity index (χ4n) is 2.47. The number of aromatic nitrogens is 2. The molecule has 1 aromatic rings. The third kappa shape index (κ3) is 5.55. The first-order valence-electron chi connectivity index (χ1n) is 9.28. The number of likely N-dealkylation sites (N-methyl/N-ethyl adjacent to an activating group) is 1. The molecular weight excluding hydrogens is 350 g/mol. The van der Waals surface area contributed by atoms with E-state index >= 15 is 0 Å². The molecule has 0 aliphatic carbocycles. The van der Waals surface area contributed by atoms with Crippen LogP contribution in [0.2, 0.25) is 0 Å². The lowest BCUT2D eigenvalue weighted by Crippen LogP contribution is -2.54. The lowest BCUT2D eigenvalue weighted by Gasteiger charge is -2.37. The maximum absolute atomic E-state index is 11.9. The highest BCUT2D eigenvalue weighted by atomic mass is 32.1. The number of piperazine rings is 1. The standard InChI is InChI=1S/C17H31N7OS/c1-6-13(3)19-16(18-12-15(25)22(4)5)23-8-10-24(11-9-23)17-20-14(7-2)21-26-17/h13H,6-12H2,1-5H3,(H,18,19). The molecule has 1 saturated heterocycles. The van der Waals surface area contributed by atoms with E-state index < -0.39 is 0 Å². The molecule has 8 nitrogen and oxygen atoms in total. The van der Waals surface area contributed by atoms with E-state index in [1.165, 1.54) is 11.5 Å². The van der Waals surface area contributed by atoms with E-state index in [2.05, 4.69) is 50.2 Å². The van der Waals surface area contributed by atoms with Crippen LogP contribution in [0.25, 0.3) is 0 Å². The van der Waals surface area contributed by atoms with Crippen LogP contribution in [-0.4, -0.2) is 83.9 Å². The Labute approximate surface area is 160 Å². The second-order valence-electron chi connectivity index (χ2n) is 6.70. The van der Waals surface area contributed by atoms with Gasteiger partial charge >= 0.3 is 0 Å². The summed E-state index contributed by atoms with van der Waals surface area (Å²) >= 11 is 1.47. The van der Waals surface area contributed by atoms with Crippen LogP contribution in [0.4, 0.5) is 5.13 Å². The number of hydrogen-bond acceptors (Lipinski definition) is 6. The predicted octanol–water partition coefficient (Wildman–Crippen LogP) is 1.05. The zero-order valence-electron chi connectivity index (χ0n) is 16.5. The number of nitrogens with one attached hydrogen (secondary N) is 1. The van der Waals surface area contributed by atoms with E-state index in [1.807, 2.05) is 0 Å². The Morgan fingerprint density at radius 1 is 1.31 bits per heavy atom. The number of guanidine groups is 1. The summed E-state index contributed by atoms with van der Waals surface area (Å²) in [6, 6.07) is 0.316. The summed E-state index contributed by atoms with van der Waals surface area (Å²) in [7, 11) is 3.51. The van der Waals surface area contributed by atoms with Crippen LogP contribution in [-0.2, 0) is 11.2 Å². The van der Waals surface area contributed by atoms with Crippen LogP contribution in [0.1, 0.15) is 33.0 Å². The van der Waals surface area contributed by atoms with Crippen LogP contribution in [0.3, 0.4) is 0 Å². The van der Waals surface area contributed by atoms with Gasteiger partial charge in [0, 0.05) is 64.3 Å². The molecule has 1 atom stereocenters. The Bertz CT molecular complexity index is 608. The molecule has 0 saturated carbocycles. The Hall–Kier alpha value is -1.90. The lowest BCUT2D eigenvalue weighted by atomic mass is 10.2. The van der Waals surface area contributed by atoms with E-state index in [4.69, 9.17) is 0 Å². The molecule has 1 fully saturated rings. The lowest BCUT2D eigenvalue weighted by molar-refractivity contribution is -0.127. The number of hydrogen-bond donors (Lipinski definition) is 1. The number of aryl methyl sites for hydroxylation is 1. The zero-order valence-corrected chi connectivity index (χ0v) is 17.3. The van der Waals surface area contributed by atoms with Gasteiger partial charge in [0.2, 0.25) is 11.0 Å². The smallest absolute Gasteiger partial charge is 0.243 e. The molecule has 0 radical (unpaired) electrons. The summed E-state index contributed by atoms with van der Waals surface area (Å²) in [5.74, 6) is 1.74. The fourth-order valence-corrected chi connectivity index (χ4v) is 3.27. The van der Waals surface area contributed by atoms with Crippen molar-refractivity contribution >= 4 is 28.5 Å². The first kappa shape index (κ1) is 20.4. The summed E-state index contributed by atoms with van der Waals surface area (Å²) in [4.78, 5) is 27.1. The number of anilines is 1. The Kier molecular flexibility index (Phi) is 7.62. The first-order chi connectivity index (χ1) is 12.4. The number of carbonyl (C=O) groups excluding carboxylic acids is 1. The van der Waals surface area contributed by atoms with E-state index in [9.17, 15) is 4.79 Å². The number of rotatable bonds is 6. The minimum absolute atomic E-state index is 0.00745. The minimum Gasteiger partial charge on any atom is -0.354 e. The summed E-state index contributed by atoms with van der Waals surface area (Å²) in [5.41, 5.74) is 0. The highest BCUT2D eigenvalue weighted by molar-refractivity contribution is 7.09. The van der Waals surface area contributed by atoms with Gasteiger partial charge in [-0.15, -0.1) is 0 Å². The predicted molar refractivity (Wildman–Crippen MR) is 107 cm³/mol. The van der Waals surface area contributed by atoms with Gasteiger partial charge in [-0.2, -0.15) is 4.37 Å². The summed E-state index contributed by atoms with van der Waals surface area (Å²) in [6.45, 7) is 9.96. The fraction of sp³-hybridized carbons (Fsp3) is 0.765. The van der Waals surface area contributed by atoms with Gasteiger partial charge in [-0.25, -0.2) is 9.98 Å². The Morgan fingerprint density at radius 3 is 2.54 bits per heavy atom. The van der Waals surface area contributed by atoms with Gasteiger partial charge in [0.1, 0.15) is 12.4 Å². The monoisotopic (exact) mass is 381 g/mol. The molecule has 1 aliphatic heterocycles. The van der Waals surface area contributed by atoms with E-state index in [1.54, 1.807) is 19.0 Å². The van der Waals surface area contributed by atoms with Gasteiger partial charge in [0.15, 0.2) is 5.96 Å². The number of amides is 1. The topological polar surface area (TPSA) is 77.0 Å². The second-order valence-corrected chi connectivity index (χ2v) is 7.43. The molecule has 1 aliphatic rings. The van der Waals surface area contributed by atoms with Gasteiger partial charge < -0.3 is 20.0 Å². The first-order valence-corrected chi connectivity index (χ1v) is 10.1. The largest absolute Gasteiger partial charge is 0.354 e. The number of aliphatic imine (C=N–C) groups is 1. The molecule has 0 spiro atoms. The van der Waals surface area contributed by atoms with Gasteiger partial charge in [0.05, 0.1) is 0 Å². The molecule has 26 heavy (non-hydrogen) atoms. The van der Waals surface area contributed by atoms with Crippen molar-refractivity contribution in [1.29, 1.82) is 0 Å². The summed E-state index contributed by atoms with van der Waals surface area (Å²) < 4.78 is 4.38. The average molecular weight is 382 g/mol. The van der Waals surface area contributed by atoms with Crippen molar-refractivity contribution in [2.75, 3.05) is 51.7 Å². The van der Waals surface area contributed by atoms with Gasteiger partial charge in [-0.1, -0.05) is 13.8 Å². The van der Waals surface area contributed by atoms with Crippen molar-refractivity contribution < 1.29 is 4.79 Å². The van der Waals surface area contributed by atoms with Crippen molar-refractivity contribution in [2.24, 2.45) is 4.99 Å². The SMILES string of the molecule is CCc1nsc(N2CCN(C(=NCC(=O)N(C)C)NC(C)CC)CC2)n1. The minimum atomic E-state index is 0.00745. The van der Waals surface area contributed by atoms with Crippen molar-refractivity contribution in [3.05, 3.63) is 5.82 Å². The quantitative estimate of drug-likeness (QED) is 0.586. The second kappa shape index (κ2) is 9.70. The Balaban J connectivity index is 2.00. The molecule has 1 unspecified atom stereocenters. The van der Waals surface area contributed by atoms with Crippen molar-refractivity contribution in [3.63, 3.8) is 0 Å². The Morgan fingerprint density at radius 2 is 2.00 bits per heavy atom. The maximum atomic E-state index is 11.9. The van der Waals surface area contributed by atoms with Crippen molar-refractivity contribution in [1.82, 2.24) is 24.5 Å². The summed E-state index contributed by atoms with van der Waals surface area (Å²) in [5, 5.41) is 4.46. The van der Waals surface area contributed by atoms with E-state index in [0.717, 1.165) is 55.9 Å². The van der Waals surface area contributed by atoms with Crippen LogP contribution in [0, 0.1) is 0 Å². The normalized spacial score (nSPS) is 16.6. The molecule has 2 rings (SSSR count). The van der Waals surface area contributed by atoms with Crippen LogP contribution < -0.4 is 10.2 Å². The third-order valence-corrected chi connectivity index (χ3v) is 5.29. The highest BCUT2D eigenvalue weighted by Gasteiger charge is 2.23. The zero-order chi connectivity index (χ0) is 19.1. The molecule has 1 N–H and O–H groups in total. The third-order valence-electron chi connectivity index (χ3n) is 4.47. The molecule has 1 amide bonds. The van der Waals surface area contributed by atoms with Crippen LogP contribution in [0.5, 0.6) is 0 Å². The van der Waals surface area contributed by atoms with Crippen LogP contribution in [0.15, 0.2) is 4.99 Å². The van der Waals surface area contributed by atoms with E-state index in [-0.39, 0.29) is 12.5 Å². The molecule has 1 aromatic heterocycles. The maximum Gasteiger partial charge on any atom is 0.243 e. The number of nitrogens with zero attached hydrogens (tertiary/aromatic N) is 6. The molecule has 146 valence electrons. The van der Waals surface area contributed by atoms with Crippen LogP contribution >= 0.6 is 11.5 Å². The van der Waals surface area contributed by atoms with E-state index in [0.29, 0.717) is 6.04 Å². The summed E-state index contributed by atoms with van der Waals surface area (Å²) in [6.07, 6.45) is 1.87. The van der Waals surface area contributed by atoms with Gasteiger partial charge in [0.25, 0.3) is 0 Å². The van der Waals surface area contributed by atoms with Gasteiger partial charge in [-0.05, 0) is 13.3 Å². The molecule has 0 bridgehead atoms. The molecule has 2 heterocycles.